The van der Waals surface area contributed by atoms with E-state index in [0.717, 1.165) is 0 Å². The second-order valence-corrected chi connectivity index (χ2v) is 3.06. The average Bonchev–Trinajstić information content (AvgIpc) is 2.14. The Hall–Kier alpha value is -1.73. The first-order valence-electron chi connectivity index (χ1n) is 4.05. The molecule has 0 saturated carbocycles. The maximum atomic E-state index is 12.3. The minimum atomic E-state index is -5.02. The van der Waals surface area contributed by atoms with Crippen LogP contribution in [0, 0.1) is 0 Å². The number of benzene rings is 1. The van der Waals surface area contributed by atoms with E-state index in [4.69, 9.17) is 5.11 Å². The Kier molecular flexibility index (Phi) is 3.09. The third-order valence-corrected chi connectivity index (χ3v) is 1.88. The van der Waals surface area contributed by atoms with Crippen molar-refractivity contribution >= 4 is 5.97 Å². The lowest BCUT2D eigenvalue weighted by molar-refractivity contribution is -0.141. The molecule has 0 bridgehead atoms. The van der Waals surface area contributed by atoms with Gasteiger partial charge in [0, 0.05) is 0 Å². The summed E-state index contributed by atoms with van der Waals surface area (Å²) in [6, 6.07) is 0.257. The number of carbonyl (C=O) groups is 1. The summed E-state index contributed by atoms with van der Waals surface area (Å²) in [5.41, 5.74) is -4.48. The van der Waals surface area contributed by atoms with Crippen molar-refractivity contribution in [3.05, 3.63) is 34.9 Å². The van der Waals surface area contributed by atoms with Crippen molar-refractivity contribution < 1.29 is 36.2 Å². The van der Waals surface area contributed by atoms with Crippen LogP contribution in [0.4, 0.5) is 26.3 Å². The summed E-state index contributed by atoms with van der Waals surface area (Å²) in [4.78, 5) is 10.5. The molecule has 1 aromatic carbocycles. The van der Waals surface area contributed by atoms with Gasteiger partial charge in [0.05, 0.1) is 16.7 Å². The number of hydrogen-bond acceptors (Lipinski definition) is 1. The average molecular weight is 258 g/mol. The highest BCUT2D eigenvalue weighted by molar-refractivity contribution is 5.90. The highest BCUT2D eigenvalue weighted by atomic mass is 19.4. The number of alkyl halides is 6. The van der Waals surface area contributed by atoms with E-state index in [1.807, 2.05) is 0 Å². The summed E-state index contributed by atoms with van der Waals surface area (Å²) in [5.74, 6) is -2.07. The fraction of sp³-hybridized carbons (Fsp3) is 0.222. The molecule has 1 aromatic rings. The van der Waals surface area contributed by atoms with Gasteiger partial charge in [-0.3, -0.25) is 0 Å². The van der Waals surface area contributed by atoms with E-state index in [9.17, 15) is 31.1 Å². The molecule has 2 nitrogen and oxygen atoms in total. The van der Waals surface area contributed by atoms with Gasteiger partial charge in [0.25, 0.3) is 0 Å². The van der Waals surface area contributed by atoms with Gasteiger partial charge in [0.2, 0.25) is 0 Å². The van der Waals surface area contributed by atoms with Gasteiger partial charge in [0.15, 0.2) is 0 Å². The molecule has 94 valence electrons. The molecule has 0 atom stereocenters. The zero-order valence-electron chi connectivity index (χ0n) is 7.86. The Bertz CT molecular complexity index is 446. The van der Waals surface area contributed by atoms with Crippen molar-refractivity contribution in [2.45, 2.75) is 12.4 Å². The molecule has 0 aliphatic carbocycles. The number of halogens is 6. The van der Waals surface area contributed by atoms with E-state index in [1.165, 1.54) is 0 Å². The first-order valence-corrected chi connectivity index (χ1v) is 4.05. The minimum absolute atomic E-state index is 0.0366. The van der Waals surface area contributed by atoms with Gasteiger partial charge in [0.1, 0.15) is 0 Å². The smallest absolute Gasteiger partial charge is 0.417 e. The van der Waals surface area contributed by atoms with Crippen LogP contribution in [0.3, 0.4) is 0 Å². The number of hydrogen-bond donors (Lipinski definition) is 1. The van der Waals surface area contributed by atoms with E-state index in [-0.39, 0.29) is 18.2 Å². The third kappa shape index (κ3) is 2.89. The SMILES string of the molecule is O=C(O)c1cc(C(F)(F)F)ccc1C(F)(F)F. The van der Waals surface area contributed by atoms with E-state index in [0.29, 0.717) is 0 Å². The second-order valence-electron chi connectivity index (χ2n) is 3.06. The van der Waals surface area contributed by atoms with E-state index in [2.05, 4.69) is 0 Å². The molecule has 1 N–H and O–H groups in total. The van der Waals surface area contributed by atoms with Crippen molar-refractivity contribution in [3.63, 3.8) is 0 Å². The maximum Gasteiger partial charge on any atom is 0.417 e. The highest BCUT2D eigenvalue weighted by Crippen LogP contribution is 2.36. The Morgan fingerprint density at radius 2 is 1.53 bits per heavy atom. The molecule has 8 heteroatoms. The Labute approximate surface area is 90.5 Å². The molecule has 0 amide bonds. The lowest BCUT2D eigenvalue weighted by atomic mass is 10.0. The summed E-state index contributed by atoms with van der Waals surface area (Å²) in [5, 5.41) is 8.45. The molecule has 0 aromatic heterocycles. The molecular weight excluding hydrogens is 254 g/mol. The minimum Gasteiger partial charge on any atom is -0.478 e. The van der Waals surface area contributed by atoms with Crippen molar-refractivity contribution in [1.29, 1.82) is 0 Å². The molecule has 0 radical (unpaired) electrons. The third-order valence-electron chi connectivity index (χ3n) is 1.88. The molecule has 0 aliphatic rings. The van der Waals surface area contributed by atoms with Gasteiger partial charge < -0.3 is 5.11 Å². The zero-order valence-corrected chi connectivity index (χ0v) is 7.86. The van der Waals surface area contributed by atoms with Crippen LogP contribution in [0.5, 0.6) is 0 Å². The maximum absolute atomic E-state index is 12.3. The van der Waals surface area contributed by atoms with E-state index < -0.39 is 35.0 Å². The molecular formula is C9H4F6O2. The fourth-order valence-corrected chi connectivity index (χ4v) is 1.14. The van der Waals surface area contributed by atoms with Crippen molar-refractivity contribution in [3.8, 4) is 0 Å². The van der Waals surface area contributed by atoms with Crippen molar-refractivity contribution in [2.75, 3.05) is 0 Å². The van der Waals surface area contributed by atoms with Gasteiger partial charge in [-0.25, -0.2) is 4.79 Å². The Morgan fingerprint density at radius 1 is 1.00 bits per heavy atom. The van der Waals surface area contributed by atoms with Crippen LogP contribution in [0.2, 0.25) is 0 Å². The predicted octanol–water partition coefficient (Wildman–Crippen LogP) is 3.42. The highest BCUT2D eigenvalue weighted by Gasteiger charge is 2.38. The second kappa shape index (κ2) is 3.94. The van der Waals surface area contributed by atoms with Crippen molar-refractivity contribution in [2.24, 2.45) is 0 Å². The number of aromatic carboxylic acids is 1. The van der Waals surface area contributed by atoms with Gasteiger partial charge in [-0.1, -0.05) is 0 Å². The van der Waals surface area contributed by atoms with Crippen LogP contribution in [0.15, 0.2) is 18.2 Å². The van der Waals surface area contributed by atoms with Gasteiger partial charge in [-0.05, 0) is 18.2 Å². The van der Waals surface area contributed by atoms with Crippen LogP contribution < -0.4 is 0 Å². The molecule has 0 aliphatic heterocycles. The Morgan fingerprint density at radius 3 is 1.88 bits per heavy atom. The fourth-order valence-electron chi connectivity index (χ4n) is 1.14. The summed E-state index contributed by atoms with van der Waals surface area (Å²) >= 11 is 0. The van der Waals surface area contributed by atoms with Crippen LogP contribution in [0.1, 0.15) is 21.5 Å². The lowest BCUT2D eigenvalue weighted by Gasteiger charge is -2.13. The van der Waals surface area contributed by atoms with Crippen LogP contribution in [-0.4, -0.2) is 11.1 Å². The molecule has 0 heterocycles. The number of carboxylic acid groups (broad SMARTS) is 1. The van der Waals surface area contributed by atoms with Crippen LogP contribution in [-0.2, 0) is 12.4 Å². The molecule has 0 unspecified atom stereocenters. The molecule has 17 heavy (non-hydrogen) atoms. The van der Waals surface area contributed by atoms with Gasteiger partial charge in [-0.2, -0.15) is 26.3 Å². The monoisotopic (exact) mass is 258 g/mol. The molecule has 1 rings (SSSR count). The first kappa shape index (κ1) is 13.3. The van der Waals surface area contributed by atoms with Crippen molar-refractivity contribution in [1.82, 2.24) is 0 Å². The quantitative estimate of drug-likeness (QED) is 0.783. The first-order chi connectivity index (χ1) is 7.53. The predicted molar refractivity (Wildman–Crippen MR) is 43.4 cm³/mol. The summed E-state index contributed by atoms with van der Waals surface area (Å²) < 4.78 is 73.4. The normalized spacial score (nSPS) is 12.6. The van der Waals surface area contributed by atoms with Crippen LogP contribution >= 0.6 is 0 Å². The van der Waals surface area contributed by atoms with Crippen LogP contribution in [0.25, 0.3) is 0 Å². The Balaban J connectivity index is 3.43. The lowest BCUT2D eigenvalue weighted by Crippen LogP contribution is -2.15. The van der Waals surface area contributed by atoms with E-state index >= 15 is 0 Å². The number of carboxylic acids is 1. The van der Waals surface area contributed by atoms with E-state index in [1.54, 1.807) is 0 Å². The molecule has 0 fully saturated rings. The summed E-state index contributed by atoms with van der Waals surface area (Å²) in [7, 11) is 0. The topological polar surface area (TPSA) is 37.3 Å². The van der Waals surface area contributed by atoms with Gasteiger partial charge in [-0.15, -0.1) is 0 Å². The zero-order chi connectivity index (χ0) is 13.4. The number of rotatable bonds is 1. The summed E-state index contributed by atoms with van der Waals surface area (Å²) in [6.45, 7) is 0. The molecule has 0 saturated heterocycles. The van der Waals surface area contributed by atoms with Gasteiger partial charge >= 0.3 is 18.3 Å². The standard InChI is InChI=1S/C9H4F6O2/c10-8(11,12)4-1-2-6(9(13,14)15)5(3-4)7(16)17/h1-3H,(H,16,17). The largest absolute Gasteiger partial charge is 0.478 e. The summed E-state index contributed by atoms with van der Waals surface area (Å²) in [6.07, 6.45) is -9.91. The molecule has 0 spiro atoms.